The van der Waals surface area contributed by atoms with Crippen molar-refractivity contribution in [2.45, 2.75) is 52.0 Å². The summed E-state index contributed by atoms with van der Waals surface area (Å²) in [6.45, 7) is 5.54. The molecule has 1 rings (SSSR count). The summed E-state index contributed by atoms with van der Waals surface area (Å²) >= 11 is 1.80. The first-order valence-electron chi connectivity index (χ1n) is 6.68. The summed E-state index contributed by atoms with van der Waals surface area (Å²) in [7, 11) is 1.76. The third-order valence-electron chi connectivity index (χ3n) is 2.93. The lowest BCUT2D eigenvalue weighted by Gasteiger charge is -2.18. The van der Waals surface area contributed by atoms with Gasteiger partial charge in [-0.15, -0.1) is 11.3 Å². The summed E-state index contributed by atoms with van der Waals surface area (Å²) in [4.78, 5) is 1.36. The lowest BCUT2D eigenvalue weighted by atomic mass is 10.1. The van der Waals surface area contributed by atoms with Crippen molar-refractivity contribution in [3.63, 3.8) is 0 Å². The number of hydrogen-bond donors (Lipinski definition) is 1. The molecule has 0 aromatic carbocycles. The number of ether oxygens (including phenoxy) is 1. The molecule has 17 heavy (non-hydrogen) atoms. The molecule has 0 aliphatic rings. The Balaban J connectivity index is 2.60. The monoisotopic (exact) mass is 255 g/mol. The Labute approximate surface area is 109 Å². The van der Waals surface area contributed by atoms with Gasteiger partial charge in [-0.25, -0.2) is 0 Å². The molecule has 0 spiro atoms. The second kappa shape index (κ2) is 8.54. The fourth-order valence-corrected chi connectivity index (χ4v) is 2.95. The lowest BCUT2D eigenvalue weighted by molar-refractivity contribution is 0.397. The average molecular weight is 255 g/mol. The van der Waals surface area contributed by atoms with Crippen molar-refractivity contribution in [2.75, 3.05) is 13.7 Å². The minimum Gasteiger partial charge on any atom is -0.496 e. The highest BCUT2D eigenvalue weighted by Crippen LogP contribution is 2.33. The van der Waals surface area contributed by atoms with Crippen molar-refractivity contribution in [3.8, 4) is 5.75 Å². The smallest absolute Gasteiger partial charge is 0.134 e. The van der Waals surface area contributed by atoms with Crippen LogP contribution in [0.15, 0.2) is 11.4 Å². The standard InChI is InChI=1S/C14H25NOS/c1-4-6-7-8-12(15-10-5-2)14-13(16-3)9-11-17-14/h9,11-12,15H,4-8,10H2,1-3H3. The van der Waals surface area contributed by atoms with Crippen molar-refractivity contribution >= 4 is 11.3 Å². The van der Waals surface area contributed by atoms with E-state index in [4.69, 9.17) is 4.74 Å². The van der Waals surface area contributed by atoms with Crippen LogP contribution in [0, 0.1) is 0 Å². The molecule has 1 aromatic rings. The van der Waals surface area contributed by atoms with E-state index in [0.29, 0.717) is 6.04 Å². The third-order valence-corrected chi connectivity index (χ3v) is 3.94. The van der Waals surface area contributed by atoms with E-state index in [1.54, 1.807) is 18.4 Å². The molecular weight excluding hydrogens is 230 g/mol. The molecule has 3 heteroatoms. The molecule has 0 bridgehead atoms. The van der Waals surface area contributed by atoms with Crippen LogP contribution >= 0.6 is 11.3 Å². The van der Waals surface area contributed by atoms with Gasteiger partial charge in [-0.2, -0.15) is 0 Å². The zero-order chi connectivity index (χ0) is 12.5. The Hall–Kier alpha value is -0.540. The van der Waals surface area contributed by atoms with Gasteiger partial charge in [0, 0.05) is 6.04 Å². The number of thiophene rings is 1. The van der Waals surface area contributed by atoms with Crippen LogP contribution in [0.25, 0.3) is 0 Å². The van der Waals surface area contributed by atoms with Gasteiger partial charge >= 0.3 is 0 Å². The lowest BCUT2D eigenvalue weighted by Crippen LogP contribution is -2.21. The number of nitrogens with one attached hydrogen (secondary N) is 1. The summed E-state index contributed by atoms with van der Waals surface area (Å²) in [6, 6.07) is 2.54. The summed E-state index contributed by atoms with van der Waals surface area (Å²) in [5.41, 5.74) is 0. The normalized spacial score (nSPS) is 12.6. The molecule has 0 amide bonds. The van der Waals surface area contributed by atoms with Gasteiger partial charge in [-0.3, -0.25) is 0 Å². The number of unbranched alkanes of at least 4 members (excludes halogenated alkanes) is 2. The van der Waals surface area contributed by atoms with Crippen molar-refractivity contribution in [3.05, 3.63) is 16.3 Å². The van der Waals surface area contributed by atoms with Crippen LogP contribution < -0.4 is 10.1 Å². The average Bonchev–Trinajstić information content (AvgIpc) is 2.81. The first-order chi connectivity index (χ1) is 8.33. The maximum Gasteiger partial charge on any atom is 0.134 e. The van der Waals surface area contributed by atoms with E-state index in [0.717, 1.165) is 12.3 Å². The van der Waals surface area contributed by atoms with E-state index in [2.05, 4.69) is 30.6 Å². The van der Waals surface area contributed by atoms with Crippen LogP contribution in [-0.2, 0) is 0 Å². The van der Waals surface area contributed by atoms with Crippen molar-refractivity contribution < 1.29 is 4.74 Å². The highest BCUT2D eigenvalue weighted by molar-refractivity contribution is 7.10. The topological polar surface area (TPSA) is 21.3 Å². The van der Waals surface area contributed by atoms with Crippen molar-refractivity contribution in [1.82, 2.24) is 5.32 Å². The van der Waals surface area contributed by atoms with Gasteiger partial charge in [0.25, 0.3) is 0 Å². The molecule has 0 aliphatic heterocycles. The molecule has 2 nitrogen and oxygen atoms in total. The predicted molar refractivity (Wildman–Crippen MR) is 76.0 cm³/mol. The Morgan fingerprint density at radius 1 is 1.29 bits per heavy atom. The second-order valence-corrected chi connectivity index (χ2v) is 5.30. The fourth-order valence-electron chi connectivity index (χ4n) is 1.97. The van der Waals surface area contributed by atoms with Gasteiger partial charge < -0.3 is 10.1 Å². The van der Waals surface area contributed by atoms with Gasteiger partial charge in [0.2, 0.25) is 0 Å². The molecule has 1 N–H and O–H groups in total. The molecule has 1 heterocycles. The quantitative estimate of drug-likeness (QED) is 0.661. The van der Waals surface area contributed by atoms with E-state index in [1.807, 2.05) is 0 Å². The molecule has 0 aliphatic carbocycles. The first kappa shape index (κ1) is 14.5. The molecule has 0 saturated heterocycles. The highest BCUT2D eigenvalue weighted by Gasteiger charge is 2.16. The second-order valence-electron chi connectivity index (χ2n) is 4.36. The van der Waals surface area contributed by atoms with E-state index >= 15 is 0 Å². The van der Waals surface area contributed by atoms with Crippen molar-refractivity contribution in [2.24, 2.45) is 0 Å². The van der Waals surface area contributed by atoms with E-state index in [-0.39, 0.29) is 0 Å². The maximum absolute atomic E-state index is 5.42. The number of hydrogen-bond acceptors (Lipinski definition) is 3. The number of rotatable bonds is 9. The molecule has 1 unspecified atom stereocenters. The maximum atomic E-state index is 5.42. The van der Waals surface area contributed by atoms with Crippen LogP contribution in [0.2, 0.25) is 0 Å². The molecule has 0 fully saturated rings. The van der Waals surface area contributed by atoms with E-state index in [1.165, 1.54) is 37.0 Å². The van der Waals surface area contributed by atoms with Crippen LogP contribution in [-0.4, -0.2) is 13.7 Å². The van der Waals surface area contributed by atoms with Gasteiger partial charge in [0.05, 0.1) is 12.0 Å². The van der Waals surface area contributed by atoms with Gasteiger partial charge in [0.15, 0.2) is 0 Å². The SMILES string of the molecule is CCCCCC(NCCC)c1sccc1OC. The van der Waals surface area contributed by atoms with Crippen molar-refractivity contribution in [1.29, 1.82) is 0 Å². The Bertz CT molecular complexity index is 298. The summed E-state index contributed by atoms with van der Waals surface area (Å²) in [6.07, 6.45) is 6.28. The molecule has 1 aromatic heterocycles. The Morgan fingerprint density at radius 3 is 2.76 bits per heavy atom. The van der Waals surface area contributed by atoms with E-state index < -0.39 is 0 Å². The van der Waals surface area contributed by atoms with Gasteiger partial charge in [-0.05, 0) is 30.8 Å². The van der Waals surface area contributed by atoms with Crippen LogP contribution in [0.3, 0.4) is 0 Å². The molecule has 0 saturated carbocycles. The zero-order valence-corrected chi connectivity index (χ0v) is 12.1. The van der Waals surface area contributed by atoms with Gasteiger partial charge in [-0.1, -0.05) is 33.1 Å². The van der Waals surface area contributed by atoms with Crippen LogP contribution in [0.1, 0.15) is 56.9 Å². The summed E-state index contributed by atoms with van der Waals surface area (Å²) in [5, 5.41) is 5.76. The van der Waals surface area contributed by atoms with Gasteiger partial charge in [0.1, 0.15) is 5.75 Å². The van der Waals surface area contributed by atoms with Crippen LogP contribution in [0.5, 0.6) is 5.75 Å². The third kappa shape index (κ3) is 4.68. The number of methoxy groups -OCH3 is 1. The van der Waals surface area contributed by atoms with Crippen LogP contribution in [0.4, 0.5) is 0 Å². The molecule has 1 atom stereocenters. The Kier molecular flexibility index (Phi) is 7.29. The minimum absolute atomic E-state index is 0.469. The summed E-state index contributed by atoms with van der Waals surface area (Å²) < 4.78 is 5.42. The van der Waals surface area contributed by atoms with E-state index in [9.17, 15) is 0 Å². The fraction of sp³-hybridized carbons (Fsp3) is 0.714. The zero-order valence-electron chi connectivity index (χ0n) is 11.3. The predicted octanol–water partition coefficient (Wildman–Crippen LogP) is 4.38. The minimum atomic E-state index is 0.469. The first-order valence-corrected chi connectivity index (χ1v) is 7.56. The summed E-state index contributed by atoms with van der Waals surface area (Å²) in [5.74, 6) is 1.04. The highest BCUT2D eigenvalue weighted by atomic mass is 32.1. The Morgan fingerprint density at radius 2 is 2.12 bits per heavy atom. The molecular formula is C14H25NOS. The largest absolute Gasteiger partial charge is 0.496 e. The molecule has 0 radical (unpaired) electrons. The molecule has 98 valence electrons.